The van der Waals surface area contributed by atoms with Crippen LogP contribution in [0.2, 0.25) is 0 Å². The summed E-state index contributed by atoms with van der Waals surface area (Å²) in [5.74, 6) is -0.640. The van der Waals surface area contributed by atoms with Gasteiger partial charge < -0.3 is 20.7 Å². The molecule has 5 rings (SSSR count). The summed E-state index contributed by atoms with van der Waals surface area (Å²) in [6, 6.07) is 11.4. The molecular formula is C28H29FN6O2. The third-order valence-corrected chi connectivity index (χ3v) is 7.04. The van der Waals surface area contributed by atoms with Crippen LogP contribution in [-0.4, -0.2) is 25.4 Å². The number of nitrogens with two attached hydrogens (primary N) is 1. The van der Waals surface area contributed by atoms with Gasteiger partial charge in [0.2, 0.25) is 0 Å². The van der Waals surface area contributed by atoms with Gasteiger partial charge >= 0.3 is 0 Å². The van der Waals surface area contributed by atoms with E-state index >= 15 is 0 Å². The lowest BCUT2D eigenvalue weighted by molar-refractivity contribution is 0.341. The number of halogens is 1. The number of pyridine rings is 1. The van der Waals surface area contributed by atoms with Gasteiger partial charge in [0.25, 0.3) is 5.56 Å². The summed E-state index contributed by atoms with van der Waals surface area (Å²) in [6.07, 6.45) is 6.52. The Labute approximate surface area is 213 Å². The number of aryl methyl sites for hydroxylation is 1. The molecule has 0 unspecified atom stereocenters. The first-order valence-corrected chi connectivity index (χ1v) is 12.4. The van der Waals surface area contributed by atoms with Crippen molar-refractivity contribution in [2.45, 2.75) is 51.6 Å². The standard InChI is InChI=1S/C28H29FN6O2/c1-16-6-5-7-17-11-21(35(28(37)23(16)17)20-8-3-2-4-9-20)14-32-27-24(26(31)33-15-34-27)25(30)18-10-19(29)13-22(36)12-18/h5-7,10-13,15,20,30,36H,2-4,8-9,14H2,1H3,(H3,31,32,33,34). The van der Waals surface area contributed by atoms with Crippen LogP contribution in [-0.2, 0) is 6.54 Å². The van der Waals surface area contributed by atoms with Crippen molar-refractivity contribution in [3.63, 3.8) is 0 Å². The van der Waals surface area contributed by atoms with E-state index in [1.165, 1.54) is 18.8 Å². The molecule has 1 aliphatic rings. The maximum Gasteiger partial charge on any atom is 0.259 e. The molecule has 4 aromatic rings. The first-order valence-electron chi connectivity index (χ1n) is 12.4. The van der Waals surface area contributed by atoms with E-state index in [0.29, 0.717) is 0 Å². The molecule has 1 saturated carbocycles. The number of phenols is 1. The number of nitrogens with zero attached hydrogens (tertiary/aromatic N) is 3. The SMILES string of the molecule is Cc1cccc2cc(CNc3ncnc(N)c3C(=N)c3cc(O)cc(F)c3)n(C3CCCCC3)c(=O)c12. The largest absolute Gasteiger partial charge is 0.508 e. The number of phenolic OH excluding ortho intramolecular Hbond substituents is 1. The summed E-state index contributed by atoms with van der Waals surface area (Å²) in [5.41, 5.74) is 8.09. The van der Waals surface area contributed by atoms with Gasteiger partial charge in [-0.25, -0.2) is 14.4 Å². The van der Waals surface area contributed by atoms with Crippen LogP contribution in [0.15, 0.2) is 53.6 Å². The predicted molar refractivity (Wildman–Crippen MR) is 143 cm³/mol. The average molecular weight is 501 g/mol. The van der Waals surface area contributed by atoms with Crippen LogP contribution in [0.4, 0.5) is 16.0 Å². The molecule has 2 aromatic heterocycles. The fraction of sp³-hybridized carbons (Fsp3) is 0.286. The maximum atomic E-state index is 13.9. The Morgan fingerprint density at radius 2 is 1.97 bits per heavy atom. The van der Waals surface area contributed by atoms with E-state index in [-0.39, 0.29) is 52.4 Å². The molecule has 8 nitrogen and oxygen atoms in total. The van der Waals surface area contributed by atoms with Crippen molar-refractivity contribution in [1.29, 1.82) is 5.41 Å². The number of nitrogen functional groups attached to an aromatic ring is 1. The molecule has 0 amide bonds. The van der Waals surface area contributed by atoms with E-state index < -0.39 is 5.82 Å². The Morgan fingerprint density at radius 1 is 1.19 bits per heavy atom. The quantitative estimate of drug-likeness (QED) is 0.274. The summed E-state index contributed by atoms with van der Waals surface area (Å²) in [5, 5.41) is 23.3. The van der Waals surface area contributed by atoms with Gasteiger partial charge in [-0.3, -0.25) is 10.2 Å². The Balaban J connectivity index is 1.55. The molecule has 0 bridgehead atoms. The Bertz CT molecular complexity index is 1540. The van der Waals surface area contributed by atoms with Crippen molar-refractivity contribution in [2.75, 3.05) is 11.1 Å². The van der Waals surface area contributed by atoms with Crippen LogP contribution in [0.5, 0.6) is 5.75 Å². The summed E-state index contributed by atoms with van der Waals surface area (Å²) >= 11 is 0. The molecule has 5 N–H and O–H groups in total. The second-order valence-corrected chi connectivity index (χ2v) is 9.55. The maximum absolute atomic E-state index is 13.9. The molecule has 0 radical (unpaired) electrons. The third kappa shape index (κ3) is 4.76. The van der Waals surface area contributed by atoms with Crippen molar-refractivity contribution in [3.05, 3.63) is 87.3 Å². The molecule has 1 aliphatic carbocycles. The number of benzene rings is 2. The fourth-order valence-corrected chi connectivity index (χ4v) is 5.30. The number of fused-ring (bicyclic) bond motifs is 1. The minimum atomic E-state index is -0.673. The van der Waals surface area contributed by atoms with E-state index in [0.717, 1.165) is 59.8 Å². The Morgan fingerprint density at radius 3 is 2.73 bits per heavy atom. The molecular weight excluding hydrogens is 471 g/mol. The van der Waals surface area contributed by atoms with Crippen LogP contribution < -0.4 is 16.6 Å². The highest BCUT2D eigenvalue weighted by atomic mass is 19.1. The van der Waals surface area contributed by atoms with Gasteiger partial charge in [0.05, 0.1) is 23.2 Å². The predicted octanol–water partition coefficient (Wildman–Crippen LogP) is 5.06. The molecule has 1 fully saturated rings. The van der Waals surface area contributed by atoms with Crippen molar-refractivity contribution >= 4 is 28.1 Å². The minimum absolute atomic E-state index is 0.00436. The summed E-state index contributed by atoms with van der Waals surface area (Å²) in [7, 11) is 0. The van der Waals surface area contributed by atoms with E-state index in [1.54, 1.807) is 0 Å². The molecule has 9 heteroatoms. The molecule has 0 spiro atoms. The average Bonchev–Trinajstić information content (AvgIpc) is 2.87. The molecule has 0 atom stereocenters. The molecule has 2 heterocycles. The monoisotopic (exact) mass is 500 g/mol. The van der Waals surface area contributed by atoms with Crippen molar-refractivity contribution in [2.24, 2.45) is 0 Å². The normalized spacial score (nSPS) is 14.1. The summed E-state index contributed by atoms with van der Waals surface area (Å²) < 4.78 is 15.8. The summed E-state index contributed by atoms with van der Waals surface area (Å²) in [6.45, 7) is 2.22. The first kappa shape index (κ1) is 24.4. The van der Waals surface area contributed by atoms with Crippen LogP contribution in [0.1, 0.15) is 60.5 Å². The van der Waals surface area contributed by atoms with Gasteiger partial charge in [-0.15, -0.1) is 0 Å². The van der Waals surface area contributed by atoms with Crippen LogP contribution in [0.3, 0.4) is 0 Å². The molecule has 2 aromatic carbocycles. The first-order chi connectivity index (χ1) is 17.8. The highest BCUT2D eigenvalue weighted by Gasteiger charge is 2.22. The van der Waals surface area contributed by atoms with Gasteiger partial charge in [0, 0.05) is 23.4 Å². The van der Waals surface area contributed by atoms with Crippen LogP contribution in [0.25, 0.3) is 10.8 Å². The second kappa shape index (κ2) is 10.0. The highest BCUT2D eigenvalue weighted by molar-refractivity contribution is 6.16. The minimum Gasteiger partial charge on any atom is -0.508 e. The Kier molecular flexibility index (Phi) is 6.60. The fourth-order valence-electron chi connectivity index (χ4n) is 5.30. The van der Waals surface area contributed by atoms with Crippen molar-refractivity contribution in [1.82, 2.24) is 14.5 Å². The molecule has 190 valence electrons. The topological polar surface area (TPSA) is 130 Å². The zero-order valence-corrected chi connectivity index (χ0v) is 20.6. The number of anilines is 2. The van der Waals surface area contributed by atoms with Gasteiger partial charge in [-0.2, -0.15) is 0 Å². The second-order valence-electron chi connectivity index (χ2n) is 9.55. The van der Waals surface area contributed by atoms with E-state index in [9.17, 15) is 14.3 Å². The lowest BCUT2D eigenvalue weighted by Crippen LogP contribution is -2.30. The number of nitrogens with one attached hydrogen (secondary N) is 2. The zero-order chi connectivity index (χ0) is 26.1. The number of aromatic hydroxyl groups is 1. The number of rotatable bonds is 6. The summed E-state index contributed by atoms with van der Waals surface area (Å²) in [4.78, 5) is 22.1. The molecule has 0 aliphatic heterocycles. The van der Waals surface area contributed by atoms with Gasteiger partial charge in [-0.1, -0.05) is 37.5 Å². The number of hydrogen-bond donors (Lipinski definition) is 4. The smallest absolute Gasteiger partial charge is 0.259 e. The van der Waals surface area contributed by atoms with Crippen LogP contribution in [0, 0.1) is 18.2 Å². The van der Waals surface area contributed by atoms with Gasteiger partial charge in [0.15, 0.2) is 0 Å². The van der Waals surface area contributed by atoms with Gasteiger partial charge in [0.1, 0.15) is 29.5 Å². The van der Waals surface area contributed by atoms with E-state index in [4.69, 9.17) is 11.1 Å². The number of aromatic nitrogens is 3. The van der Waals surface area contributed by atoms with Crippen molar-refractivity contribution in [3.8, 4) is 5.75 Å². The van der Waals surface area contributed by atoms with E-state index in [1.807, 2.05) is 35.8 Å². The third-order valence-electron chi connectivity index (χ3n) is 7.04. The lowest BCUT2D eigenvalue weighted by Gasteiger charge is -2.28. The zero-order valence-electron chi connectivity index (χ0n) is 20.6. The lowest BCUT2D eigenvalue weighted by atomic mass is 9.94. The Hall–Kier alpha value is -4.27. The molecule has 37 heavy (non-hydrogen) atoms. The van der Waals surface area contributed by atoms with Crippen LogP contribution >= 0.6 is 0 Å². The highest BCUT2D eigenvalue weighted by Crippen LogP contribution is 2.30. The van der Waals surface area contributed by atoms with Crippen molar-refractivity contribution < 1.29 is 9.50 Å². The van der Waals surface area contributed by atoms with Gasteiger partial charge in [-0.05, 0) is 48.9 Å². The van der Waals surface area contributed by atoms with E-state index in [2.05, 4.69) is 15.3 Å². The number of hydrogen-bond acceptors (Lipinski definition) is 7. The molecule has 0 saturated heterocycles.